The van der Waals surface area contributed by atoms with Crippen molar-refractivity contribution in [3.63, 3.8) is 0 Å². The van der Waals surface area contributed by atoms with Crippen LogP contribution < -0.4 is 5.32 Å². The van der Waals surface area contributed by atoms with Crippen molar-refractivity contribution in [1.29, 1.82) is 0 Å². The molecule has 17 unspecified atom stereocenters. The third-order valence-electron chi connectivity index (χ3n) is 13.7. The molecular formula is C49H93NO18. The Bertz CT molecular complexity index is 1270. The molecule has 3 saturated heterocycles. The van der Waals surface area contributed by atoms with Crippen molar-refractivity contribution in [2.45, 2.75) is 279 Å². The molecule has 3 aliphatic heterocycles. The Hall–Kier alpha value is -1.21. The van der Waals surface area contributed by atoms with E-state index in [0.29, 0.717) is 12.8 Å². The zero-order valence-corrected chi connectivity index (χ0v) is 41.1. The lowest BCUT2D eigenvalue weighted by molar-refractivity contribution is -0.379. The SMILES string of the molecule is CCCCCCCCCCCCCCCCCCCCCC(O)C(COC1OC(CO)C(OC2OC(CO)C(OC3OC(CO)C(O)C(O)C3O)C(O)C2O)C(O)C1O)NC(=O)CCCCCC. The Labute approximate surface area is 404 Å². The number of ether oxygens (including phenoxy) is 6. The van der Waals surface area contributed by atoms with E-state index in [1.165, 1.54) is 96.3 Å². The minimum absolute atomic E-state index is 0.260. The highest BCUT2D eigenvalue weighted by atomic mass is 16.8. The molecule has 17 atom stereocenters. The highest BCUT2D eigenvalue weighted by Crippen LogP contribution is 2.33. The number of rotatable bonds is 37. The van der Waals surface area contributed by atoms with Crippen LogP contribution in [0.4, 0.5) is 0 Å². The van der Waals surface area contributed by atoms with Gasteiger partial charge in [0.15, 0.2) is 18.9 Å². The van der Waals surface area contributed by atoms with E-state index in [1.807, 2.05) is 0 Å². The number of carbonyl (C=O) groups excluding carboxylic acids is 1. The molecule has 19 heteroatoms. The van der Waals surface area contributed by atoms with Gasteiger partial charge in [0.05, 0.1) is 38.6 Å². The summed E-state index contributed by atoms with van der Waals surface area (Å²) in [6.07, 6.45) is 1.52. The summed E-state index contributed by atoms with van der Waals surface area (Å²) in [4.78, 5) is 13.0. The molecule has 19 nitrogen and oxygen atoms in total. The predicted octanol–water partition coefficient (Wildman–Crippen LogP) is 2.09. The zero-order valence-electron chi connectivity index (χ0n) is 41.1. The average molecular weight is 984 g/mol. The number of hydrogen-bond donors (Lipinski definition) is 12. The van der Waals surface area contributed by atoms with Crippen LogP contribution in [0.1, 0.15) is 174 Å². The molecule has 0 saturated carbocycles. The molecule has 3 heterocycles. The third kappa shape index (κ3) is 20.7. The van der Waals surface area contributed by atoms with Gasteiger partial charge in [-0.3, -0.25) is 4.79 Å². The van der Waals surface area contributed by atoms with Crippen molar-refractivity contribution < 1.29 is 89.4 Å². The third-order valence-corrected chi connectivity index (χ3v) is 13.7. The van der Waals surface area contributed by atoms with Gasteiger partial charge in [-0.25, -0.2) is 0 Å². The lowest BCUT2D eigenvalue weighted by atomic mass is 9.96. The highest BCUT2D eigenvalue weighted by Gasteiger charge is 2.53. The monoisotopic (exact) mass is 984 g/mol. The van der Waals surface area contributed by atoms with E-state index in [1.54, 1.807) is 0 Å². The minimum Gasteiger partial charge on any atom is -0.394 e. The standard InChI is InChI=1S/C49H93NO18/c1-3-5-7-9-10-11-12-13-14-15-16-17-18-19-20-21-22-23-24-26-33(54)32(50-37(55)27-25-8-6-4-2)31-63-47-43(61)40(58)45(35(29-52)65-47)68-49-44(62)41(59)46(36(30-53)66-49)67-48-42(60)39(57)38(56)34(28-51)64-48/h32-36,38-49,51-54,56-62H,3-31H2,1-2H3,(H,50,55). The summed E-state index contributed by atoms with van der Waals surface area (Å²) in [5, 5.41) is 119. The van der Waals surface area contributed by atoms with Crippen LogP contribution in [-0.4, -0.2) is 193 Å². The fourth-order valence-corrected chi connectivity index (χ4v) is 9.25. The highest BCUT2D eigenvalue weighted by molar-refractivity contribution is 5.76. The number of aliphatic hydroxyl groups excluding tert-OH is 11. The normalized spacial score (nSPS) is 33.1. The lowest BCUT2D eigenvalue weighted by Crippen LogP contribution is -2.66. The van der Waals surface area contributed by atoms with E-state index < -0.39 is 124 Å². The van der Waals surface area contributed by atoms with Crippen molar-refractivity contribution in [1.82, 2.24) is 5.32 Å². The molecule has 0 bridgehead atoms. The van der Waals surface area contributed by atoms with Crippen LogP contribution in [0.25, 0.3) is 0 Å². The maximum atomic E-state index is 13.0. The predicted molar refractivity (Wildman–Crippen MR) is 250 cm³/mol. The minimum atomic E-state index is -1.97. The second-order valence-corrected chi connectivity index (χ2v) is 19.4. The van der Waals surface area contributed by atoms with E-state index in [9.17, 15) is 61.0 Å². The summed E-state index contributed by atoms with van der Waals surface area (Å²) in [7, 11) is 0. The molecule has 0 aromatic heterocycles. The van der Waals surface area contributed by atoms with Gasteiger partial charge in [-0.05, 0) is 12.8 Å². The molecule has 0 aromatic rings. The van der Waals surface area contributed by atoms with E-state index >= 15 is 0 Å². The van der Waals surface area contributed by atoms with Crippen LogP contribution >= 0.6 is 0 Å². The van der Waals surface area contributed by atoms with Gasteiger partial charge in [0.2, 0.25) is 5.91 Å². The van der Waals surface area contributed by atoms with E-state index in [0.717, 1.165) is 44.9 Å². The van der Waals surface area contributed by atoms with Crippen LogP contribution in [0.2, 0.25) is 0 Å². The van der Waals surface area contributed by atoms with Crippen molar-refractivity contribution in [3.8, 4) is 0 Å². The van der Waals surface area contributed by atoms with Gasteiger partial charge < -0.3 is 89.9 Å². The number of carbonyl (C=O) groups is 1. The van der Waals surface area contributed by atoms with Crippen LogP contribution in [0, 0.1) is 0 Å². The first-order valence-electron chi connectivity index (χ1n) is 26.3. The van der Waals surface area contributed by atoms with Crippen molar-refractivity contribution in [2.24, 2.45) is 0 Å². The number of unbranched alkanes of at least 4 members (excludes halogenated alkanes) is 21. The van der Waals surface area contributed by atoms with Crippen molar-refractivity contribution in [3.05, 3.63) is 0 Å². The van der Waals surface area contributed by atoms with Crippen LogP contribution in [0.3, 0.4) is 0 Å². The second-order valence-electron chi connectivity index (χ2n) is 19.4. The van der Waals surface area contributed by atoms with Gasteiger partial charge in [-0.15, -0.1) is 0 Å². The maximum Gasteiger partial charge on any atom is 0.220 e. The Morgan fingerprint density at radius 2 is 0.838 bits per heavy atom. The summed E-state index contributed by atoms with van der Waals surface area (Å²) in [6.45, 7) is 1.64. The van der Waals surface area contributed by atoms with Gasteiger partial charge >= 0.3 is 0 Å². The first kappa shape index (κ1) is 61.1. The molecule has 402 valence electrons. The molecule has 3 aliphatic rings. The quantitative estimate of drug-likeness (QED) is 0.0397. The second kappa shape index (κ2) is 35.0. The molecule has 0 aliphatic carbocycles. The zero-order chi connectivity index (χ0) is 49.8. The fourth-order valence-electron chi connectivity index (χ4n) is 9.25. The maximum absolute atomic E-state index is 13.0. The fraction of sp³-hybridized carbons (Fsp3) is 0.980. The largest absolute Gasteiger partial charge is 0.394 e. The summed E-state index contributed by atoms with van der Waals surface area (Å²) in [5.41, 5.74) is 0. The first-order valence-corrected chi connectivity index (χ1v) is 26.3. The molecule has 12 N–H and O–H groups in total. The average Bonchev–Trinajstić information content (AvgIpc) is 3.33. The number of hydrogen-bond acceptors (Lipinski definition) is 18. The molecular weight excluding hydrogens is 891 g/mol. The number of amides is 1. The summed E-state index contributed by atoms with van der Waals surface area (Å²) >= 11 is 0. The Morgan fingerprint density at radius 1 is 0.471 bits per heavy atom. The summed E-state index contributed by atoms with van der Waals surface area (Å²) in [5.74, 6) is -0.260. The molecule has 68 heavy (non-hydrogen) atoms. The van der Waals surface area contributed by atoms with Gasteiger partial charge in [0, 0.05) is 6.42 Å². The summed E-state index contributed by atoms with van der Waals surface area (Å²) < 4.78 is 34.0. The van der Waals surface area contributed by atoms with Gasteiger partial charge in [0.1, 0.15) is 73.2 Å². The molecule has 1 amide bonds. The Morgan fingerprint density at radius 3 is 1.28 bits per heavy atom. The Balaban J connectivity index is 1.46. The molecule has 0 spiro atoms. The van der Waals surface area contributed by atoms with E-state index in [2.05, 4.69) is 19.2 Å². The molecule has 0 aromatic carbocycles. The Kier molecular flexibility index (Phi) is 31.5. The van der Waals surface area contributed by atoms with E-state index in [-0.39, 0.29) is 18.9 Å². The van der Waals surface area contributed by atoms with E-state index in [4.69, 9.17) is 28.4 Å². The van der Waals surface area contributed by atoms with Crippen molar-refractivity contribution in [2.75, 3.05) is 26.4 Å². The smallest absolute Gasteiger partial charge is 0.220 e. The summed E-state index contributed by atoms with van der Waals surface area (Å²) in [6, 6.07) is -0.875. The number of nitrogens with one attached hydrogen (secondary N) is 1. The van der Waals surface area contributed by atoms with Gasteiger partial charge in [-0.1, -0.05) is 155 Å². The topological polar surface area (TPSA) is 307 Å². The van der Waals surface area contributed by atoms with Crippen LogP contribution in [0.15, 0.2) is 0 Å². The lowest BCUT2D eigenvalue weighted by Gasteiger charge is -2.48. The van der Waals surface area contributed by atoms with Gasteiger partial charge in [0.25, 0.3) is 0 Å². The van der Waals surface area contributed by atoms with Crippen LogP contribution in [-0.2, 0) is 33.2 Å². The molecule has 3 fully saturated rings. The molecule has 3 rings (SSSR count). The first-order chi connectivity index (χ1) is 32.8. The molecule has 0 radical (unpaired) electrons. The number of aliphatic hydroxyl groups is 11. The van der Waals surface area contributed by atoms with Crippen molar-refractivity contribution >= 4 is 5.91 Å². The van der Waals surface area contributed by atoms with Gasteiger partial charge in [-0.2, -0.15) is 0 Å². The van der Waals surface area contributed by atoms with Crippen LogP contribution in [0.5, 0.6) is 0 Å².